The van der Waals surface area contributed by atoms with E-state index in [-0.39, 0.29) is 11.6 Å². The van der Waals surface area contributed by atoms with E-state index < -0.39 is 6.03 Å². The van der Waals surface area contributed by atoms with Gasteiger partial charge in [0.15, 0.2) is 5.13 Å². The molecule has 0 saturated heterocycles. The van der Waals surface area contributed by atoms with E-state index in [0.717, 1.165) is 11.3 Å². The van der Waals surface area contributed by atoms with Gasteiger partial charge in [-0.15, -0.1) is 17.9 Å². The average Bonchev–Trinajstić information content (AvgIpc) is 2.95. The van der Waals surface area contributed by atoms with E-state index in [1.54, 1.807) is 35.7 Å². The highest BCUT2D eigenvalue weighted by atomic mass is 35.5. The molecule has 1 aromatic carbocycles. The lowest BCUT2D eigenvalue weighted by Crippen LogP contribution is -2.24. The monoisotopic (exact) mass is 336 g/mol. The molecule has 0 saturated carbocycles. The summed E-state index contributed by atoms with van der Waals surface area (Å²) in [6, 6.07) is 6.25. The second-order valence-electron chi connectivity index (χ2n) is 4.12. The van der Waals surface area contributed by atoms with E-state index in [0.29, 0.717) is 22.4 Å². The van der Waals surface area contributed by atoms with E-state index >= 15 is 0 Å². The van der Waals surface area contributed by atoms with Gasteiger partial charge in [0, 0.05) is 22.6 Å². The molecule has 0 atom stereocenters. The molecular weight excluding hydrogens is 324 g/mol. The Morgan fingerprint density at radius 3 is 2.68 bits per heavy atom. The first-order valence-corrected chi connectivity index (χ1v) is 7.52. The van der Waals surface area contributed by atoms with E-state index in [2.05, 4.69) is 27.5 Å². The van der Waals surface area contributed by atoms with Crippen molar-refractivity contribution >= 4 is 45.7 Å². The van der Waals surface area contributed by atoms with Gasteiger partial charge < -0.3 is 10.6 Å². The lowest BCUT2D eigenvalue weighted by atomic mass is 10.3. The number of amides is 3. The quantitative estimate of drug-likeness (QED) is 0.732. The molecular formula is C14H13ClN4O2S. The Morgan fingerprint density at radius 2 is 2.00 bits per heavy atom. The summed E-state index contributed by atoms with van der Waals surface area (Å²) in [5, 5.41) is 10.3. The fourth-order valence-electron chi connectivity index (χ4n) is 1.48. The highest BCUT2D eigenvalue weighted by molar-refractivity contribution is 7.14. The van der Waals surface area contributed by atoms with Crippen LogP contribution in [0.4, 0.5) is 15.6 Å². The molecule has 0 radical (unpaired) electrons. The maximum Gasteiger partial charge on any atom is 0.325 e. The van der Waals surface area contributed by atoms with Crippen LogP contribution in [-0.4, -0.2) is 23.5 Å². The maximum atomic E-state index is 11.8. The summed E-state index contributed by atoms with van der Waals surface area (Å²) in [6.07, 6.45) is 1.57. The number of carbonyl (C=O) groups excluding carboxylic acids is 2. The van der Waals surface area contributed by atoms with Gasteiger partial charge in [0.05, 0.1) is 0 Å². The number of halogens is 1. The standard InChI is InChI=1S/C14H13ClN4O2S/c1-2-7-16-12(20)11-8-22-14(18-11)19-13(21)17-10-5-3-9(15)4-6-10/h2-6,8H,1,7H2,(H,16,20)(H2,17,18,19,21). The Bertz CT molecular complexity index is 684. The Morgan fingerprint density at radius 1 is 1.27 bits per heavy atom. The second-order valence-corrected chi connectivity index (χ2v) is 5.42. The summed E-state index contributed by atoms with van der Waals surface area (Å²) in [4.78, 5) is 27.5. The topological polar surface area (TPSA) is 83.1 Å². The van der Waals surface area contributed by atoms with Crippen molar-refractivity contribution < 1.29 is 9.59 Å². The van der Waals surface area contributed by atoms with Gasteiger partial charge in [0.1, 0.15) is 5.69 Å². The first-order chi connectivity index (χ1) is 10.6. The van der Waals surface area contributed by atoms with Crippen LogP contribution in [-0.2, 0) is 0 Å². The summed E-state index contributed by atoms with van der Waals surface area (Å²) >= 11 is 6.93. The third-order valence-corrected chi connectivity index (χ3v) is 3.48. The third kappa shape index (κ3) is 4.57. The minimum absolute atomic E-state index is 0.244. The van der Waals surface area contributed by atoms with Crippen LogP contribution in [0.3, 0.4) is 0 Å². The molecule has 1 heterocycles. The number of nitrogens with zero attached hydrogens (tertiary/aromatic N) is 1. The average molecular weight is 337 g/mol. The van der Waals surface area contributed by atoms with Crippen molar-refractivity contribution in [1.29, 1.82) is 0 Å². The molecule has 2 aromatic rings. The summed E-state index contributed by atoms with van der Waals surface area (Å²) in [5.74, 6) is -0.317. The number of nitrogens with one attached hydrogen (secondary N) is 3. The zero-order chi connectivity index (χ0) is 15.9. The van der Waals surface area contributed by atoms with Crippen molar-refractivity contribution in [2.45, 2.75) is 0 Å². The molecule has 0 unspecified atom stereocenters. The van der Waals surface area contributed by atoms with E-state index in [4.69, 9.17) is 11.6 Å². The first kappa shape index (κ1) is 16.0. The molecule has 1 aromatic heterocycles. The number of hydrogen-bond acceptors (Lipinski definition) is 4. The predicted molar refractivity (Wildman–Crippen MR) is 88.7 cm³/mol. The first-order valence-electron chi connectivity index (χ1n) is 6.26. The van der Waals surface area contributed by atoms with Crippen LogP contribution in [0.15, 0.2) is 42.3 Å². The highest BCUT2D eigenvalue weighted by Gasteiger charge is 2.11. The van der Waals surface area contributed by atoms with Gasteiger partial charge in [-0.05, 0) is 24.3 Å². The van der Waals surface area contributed by atoms with Gasteiger partial charge in [-0.1, -0.05) is 17.7 Å². The molecule has 8 heteroatoms. The SMILES string of the molecule is C=CCNC(=O)c1csc(NC(=O)Nc2ccc(Cl)cc2)n1. The van der Waals surface area contributed by atoms with E-state index in [9.17, 15) is 9.59 Å². The molecule has 0 bridgehead atoms. The highest BCUT2D eigenvalue weighted by Crippen LogP contribution is 2.17. The van der Waals surface area contributed by atoms with Gasteiger partial charge in [-0.3, -0.25) is 10.1 Å². The Kier molecular flexibility index (Phi) is 5.51. The number of anilines is 2. The van der Waals surface area contributed by atoms with Gasteiger partial charge >= 0.3 is 6.03 Å². The largest absolute Gasteiger partial charge is 0.347 e. The fourth-order valence-corrected chi connectivity index (χ4v) is 2.30. The summed E-state index contributed by atoms with van der Waals surface area (Å²) in [6.45, 7) is 3.87. The number of thiazole rings is 1. The maximum absolute atomic E-state index is 11.8. The Hall–Kier alpha value is -2.38. The molecule has 22 heavy (non-hydrogen) atoms. The Labute approximate surface area is 136 Å². The van der Waals surface area contributed by atoms with Crippen molar-refractivity contribution in [2.24, 2.45) is 0 Å². The van der Waals surface area contributed by atoms with E-state index in [1.165, 1.54) is 0 Å². The molecule has 0 aliphatic carbocycles. The molecule has 0 spiro atoms. The molecule has 3 amide bonds. The number of rotatable bonds is 5. The van der Waals surface area contributed by atoms with Gasteiger partial charge in [-0.25, -0.2) is 9.78 Å². The number of aromatic nitrogens is 1. The van der Waals surface area contributed by atoms with Crippen LogP contribution in [0.1, 0.15) is 10.5 Å². The summed E-state index contributed by atoms with van der Waals surface area (Å²) in [7, 11) is 0. The van der Waals surface area contributed by atoms with Gasteiger partial charge in [0.25, 0.3) is 5.91 Å². The van der Waals surface area contributed by atoms with Crippen molar-refractivity contribution in [3.05, 3.63) is 53.0 Å². The summed E-state index contributed by atoms with van der Waals surface area (Å²) < 4.78 is 0. The fraction of sp³-hybridized carbons (Fsp3) is 0.0714. The minimum atomic E-state index is -0.449. The number of urea groups is 1. The Balaban J connectivity index is 1.91. The second kappa shape index (κ2) is 7.58. The molecule has 0 aliphatic rings. The lowest BCUT2D eigenvalue weighted by Gasteiger charge is -2.05. The molecule has 0 fully saturated rings. The van der Waals surface area contributed by atoms with Crippen LogP contribution in [0.2, 0.25) is 5.02 Å². The van der Waals surface area contributed by atoms with E-state index in [1.807, 2.05) is 0 Å². The zero-order valence-corrected chi connectivity index (χ0v) is 13.0. The predicted octanol–water partition coefficient (Wildman–Crippen LogP) is 3.36. The van der Waals surface area contributed by atoms with Crippen LogP contribution < -0.4 is 16.0 Å². The minimum Gasteiger partial charge on any atom is -0.347 e. The molecule has 0 aliphatic heterocycles. The van der Waals surface area contributed by atoms with Crippen molar-refractivity contribution in [2.75, 3.05) is 17.2 Å². The van der Waals surface area contributed by atoms with Crippen molar-refractivity contribution in [1.82, 2.24) is 10.3 Å². The third-order valence-electron chi connectivity index (χ3n) is 2.47. The molecule has 3 N–H and O–H groups in total. The van der Waals surface area contributed by atoms with Gasteiger partial charge in [0.2, 0.25) is 0 Å². The van der Waals surface area contributed by atoms with Gasteiger partial charge in [-0.2, -0.15) is 0 Å². The molecule has 114 valence electrons. The van der Waals surface area contributed by atoms with Crippen molar-refractivity contribution in [3.63, 3.8) is 0 Å². The van der Waals surface area contributed by atoms with Crippen LogP contribution in [0.5, 0.6) is 0 Å². The normalized spacial score (nSPS) is 9.86. The number of hydrogen-bond donors (Lipinski definition) is 3. The number of carbonyl (C=O) groups is 2. The number of benzene rings is 1. The van der Waals surface area contributed by atoms with Crippen molar-refractivity contribution in [3.8, 4) is 0 Å². The van der Waals surface area contributed by atoms with Crippen LogP contribution >= 0.6 is 22.9 Å². The lowest BCUT2D eigenvalue weighted by molar-refractivity contribution is 0.0954. The zero-order valence-electron chi connectivity index (χ0n) is 11.4. The molecule has 2 rings (SSSR count). The summed E-state index contributed by atoms with van der Waals surface area (Å²) in [5.41, 5.74) is 0.844. The smallest absolute Gasteiger partial charge is 0.325 e. The van der Waals surface area contributed by atoms with Crippen LogP contribution in [0, 0.1) is 0 Å². The molecule has 6 nitrogen and oxygen atoms in total. The van der Waals surface area contributed by atoms with Crippen LogP contribution in [0.25, 0.3) is 0 Å².